The van der Waals surface area contributed by atoms with Crippen LogP contribution in [0, 0.1) is 0 Å². The summed E-state index contributed by atoms with van der Waals surface area (Å²) in [5.41, 5.74) is 2.48. The molecular formula is C22H25N3O4S. The predicted molar refractivity (Wildman–Crippen MR) is 120 cm³/mol. The van der Waals surface area contributed by atoms with E-state index in [0.717, 1.165) is 22.2 Å². The van der Waals surface area contributed by atoms with Crippen molar-refractivity contribution in [3.63, 3.8) is 0 Å². The summed E-state index contributed by atoms with van der Waals surface area (Å²) in [6.07, 6.45) is 2.20. The Kier molecular flexibility index (Phi) is 7.24. The molecule has 0 atom stereocenters. The van der Waals surface area contributed by atoms with Gasteiger partial charge in [-0.3, -0.25) is 9.59 Å². The predicted octanol–water partition coefficient (Wildman–Crippen LogP) is 4.62. The minimum atomic E-state index is -0.101. The van der Waals surface area contributed by atoms with Gasteiger partial charge in [-0.05, 0) is 42.7 Å². The number of carbonyl (C=O) groups is 2. The minimum absolute atomic E-state index is 0.0255. The molecule has 2 amide bonds. The largest absolute Gasteiger partial charge is 0.497 e. The molecule has 3 rings (SSSR count). The number of anilines is 2. The van der Waals surface area contributed by atoms with E-state index in [4.69, 9.17) is 9.47 Å². The lowest BCUT2D eigenvalue weighted by Gasteiger charge is -2.11. The lowest BCUT2D eigenvalue weighted by atomic mass is 10.1. The maximum Gasteiger partial charge on any atom is 0.226 e. The van der Waals surface area contributed by atoms with Crippen molar-refractivity contribution >= 4 is 44.2 Å². The number of nitrogens with one attached hydrogen (secondary N) is 2. The average molecular weight is 428 g/mol. The molecule has 0 spiro atoms. The van der Waals surface area contributed by atoms with Gasteiger partial charge in [-0.1, -0.05) is 24.3 Å². The Bertz CT molecular complexity index is 1050. The first-order valence-electron chi connectivity index (χ1n) is 9.73. The fourth-order valence-electron chi connectivity index (χ4n) is 2.96. The molecule has 0 aliphatic rings. The topological polar surface area (TPSA) is 89.6 Å². The molecule has 30 heavy (non-hydrogen) atoms. The summed E-state index contributed by atoms with van der Waals surface area (Å²) < 4.78 is 11.5. The standard InChI is InChI=1S/C22H25N3O4S/c1-4-5-20(26)25-22-24-17-9-6-14(12-19(17)30-22)7-11-21(27)23-16-10-8-15(28-2)13-18(16)29-3/h6,8-10,12-13H,4-5,7,11H2,1-3H3,(H,23,27)(H,24,25,26). The molecule has 0 saturated carbocycles. The van der Waals surface area contributed by atoms with Crippen LogP contribution < -0.4 is 20.1 Å². The highest BCUT2D eigenvalue weighted by atomic mass is 32.1. The van der Waals surface area contributed by atoms with E-state index in [0.29, 0.717) is 41.6 Å². The van der Waals surface area contributed by atoms with Gasteiger partial charge >= 0.3 is 0 Å². The first kappa shape index (κ1) is 21.6. The fraction of sp³-hybridized carbons (Fsp3) is 0.318. The molecule has 0 saturated heterocycles. The van der Waals surface area contributed by atoms with Gasteiger partial charge in [0.05, 0.1) is 30.1 Å². The number of carbonyl (C=O) groups excluding carboxylic acids is 2. The zero-order valence-electron chi connectivity index (χ0n) is 17.3. The lowest BCUT2D eigenvalue weighted by Crippen LogP contribution is -2.13. The summed E-state index contributed by atoms with van der Waals surface area (Å²) in [6, 6.07) is 11.1. The van der Waals surface area contributed by atoms with Crippen molar-refractivity contribution in [3.05, 3.63) is 42.0 Å². The molecule has 0 bridgehead atoms. The van der Waals surface area contributed by atoms with E-state index < -0.39 is 0 Å². The summed E-state index contributed by atoms with van der Waals surface area (Å²) in [5.74, 6) is 1.08. The molecule has 0 fully saturated rings. The van der Waals surface area contributed by atoms with E-state index in [1.807, 2.05) is 25.1 Å². The molecule has 2 aromatic carbocycles. The Morgan fingerprint density at radius 3 is 2.53 bits per heavy atom. The maximum absolute atomic E-state index is 12.4. The van der Waals surface area contributed by atoms with Crippen LogP contribution in [0.5, 0.6) is 11.5 Å². The van der Waals surface area contributed by atoms with Crippen LogP contribution in [0.4, 0.5) is 10.8 Å². The first-order valence-corrected chi connectivity index (χ1v) is 10.5. The number of aryl methyl sites for hydroxylation is 1. The van der Waals surface area contributed by atoms with Crippen LogP contribution in [-0.4, -0.2) is 31.0 Å². The second-order valence-corrected chi connectivity index (χ2v) is 7.76. The molecule has 0 radical (unpaired) electrons. The molecule has 1 heterocycles. The second-order valence-electron chi connectivity index (χ2n) is 6.73. The number of ether oxygens (including phenoxy) is 2. The number of fused-ring (bicyclic) bond motifs is 1. The van der Waals surface area contributed by atoms with Gasteiger partial charge in [0, 0.05) is 18.9 Å². The Morgan fingerprint density at radius 1 is 1.00 bits per heavy atom. The zero-order valence-corrected chi connectivity index (χ0v) is 18.1. The SMILES string of the molecule is CCCC(=O)Nc1nc2ccc(CCC(=O)Nc3ccc(OC)cc3OC)cc2s1. The average Bonchev–Trinajstić information content (AvgIpc) is 3.14. The van der Waals surface area contributed by atoms with Gasteiger partial charge in [-0.15, -0.1) is 0 Å². The van der Waals surface area contributed by atoms with Gasteiger partial charge in [0.2, 0.25) is 11.8 Å². The number of methoxy groups -OCH3 is 2. The lowest BCUT2D eigenvalue weighted by molar-refractivity contribution is -0.117. The van der Waals surface area contributed by atoms with Crippen LogP contribution in [0.1, 0.15) is 31.7 Å². The highest BCUT2D eigenvalue weighted by molar-refractivity contribution is 7.22. The second kappa shape index (κ2) is 10.1. The first-order chi connectivity index (χ1) is 14.5. The third kappa shape index (κ3) is 5.48. The smallest absolute Gasteiger partial charge is 0.226 e. The number of thiazole rings is 1. The summed E-state index contributed by atoms with van der Waals surface area (Å²) >= 11 is 1.44. The number of aromatic nitrogens is 1. The van der Waals surface area contributed by atoms with Crippen molar-refractivity contribution in [2.24, 2.45) is 0 Å². The zero-order chi connectivity index (χ0) is 21.5. The van der Waals surface area contributed by atoms with Crippen molar-refractivity contribution < 1.29 is 19.1 Å². The Balaban J connectivity index is 1.61. The summed E-state index contributed by atoms with van der Waals surface area (Å²) in [7, 11) is 3.13. The summed E-state index contributed by atoms with van der Waals surface area (Å²) in [5, 5.41) is 6.31. The molecular weight excluding hydrogens is 402 g/mol. The van der Waals surface area contributed by atoms with Crippen LogP contribution in [-0.2, 0) is 16.0 Å². The molecule has 2 N–H and O–H groups in total. The molecule has 0 aliphatic heterocycles. The van der Waals surface area contributed by atoms with Crippen LogP contribution in [0.2, 0.25) is 0 Å². The van der Waals surface area contributed by atoms with E-state index in [-0.39, 0.29) is 11.8 Å². The van der Waals surface area contributed by atoms with Crippen molar-refractivity contribution in [1.82, 2.24) is 4.98 Å². The summed E-state index contributed by atoms with van der Waals surface area (Å²) in [6.45, 7) is 1.96. The van der Waals surface area contributed by atoms with Gasteiger partial charge in [-0.25, -0.2) is 4.98 Å². The van der Waals surface area contributed by atoms with Crippen molar-refractivity contribution in [2.45, 2.75) is 32.6 Å². The van der Waals surface area contributed by atoms with Crippen LogP contribution in [0.15, 0.2) is 36.4 Å². The Labute approximate surface area is 179 Å². The molecule has 8 heteroatoms. The third-order valence-corrected chi connectivity index (χ3v) is 5.43. The van der Waals surface area contributed by atoms with Gasteiger partial charge in [0.1, 0.15) is 11.5 Å². The van der Waals surface area contributed by atoms with Crippen LogP contribution in [0.3, 0.4) is 0 Å². The highest BCUT2D eigenvalue weighted by Gasteiger charge is 2.11. The number of benzene rings is 2. The monoisotopic (exact) mass is 427 g/mol. The minimum Gasteiger partial charge on any atom is -0.497 e. The van der Waals surface area contributed by atoms with Gasteiger partial charge < -0.3 is 20.1 Å². The molecule has 0 aliphatic carbocycles. The van der Waals surface area contributed by atoms with Crippen LogP contribution >= 0.6 is 11.3 Å². The number of rotatable bonds is 9. The van der Waals surface area contributed by atoms with Gasteiger partial charge in [-0.2, -0.15) is 0 Å². The number of amides is 2. The molecule has 3 aromatic rings. The van der Waals surface area contributed by atoms with Crippen LogP contribution in [0.25, 0.3) is 10.2 Å². The fourth-order valence-corrected chi connectivity index (χ4v) is 3.90. The van der Waals surface area contributed by atoms with E-state index in [9.17, 15) is 9.59 Å². The van der Waals surface area contributed by atoms with Gasteiger partial charge in [0.15, 0.2) is 5.13 Å². The summed E-state index contributed by atoms with van der Waals surface area (Å²) in [4.78, 5) is 28.6. The maximum atomic E-state index is 12.4. The van der Waals surface area contributed by atoms with E-state index in [2.05, 4.69) is 15.6 Å². The van der Waals surface area contributed by atoms with E-state index >= 15 is 0 Å². The Hall–Kier alpha value is -3.13. The number of hydrogen-bond acceptors (Lipinski definition) is 6. The molecule has 158 valence electrons. The quantitative estimate of drug-likeness (QED) is 0.520. The van der Waals surface area contributed by atoms with E-state index in [1.54, 1.807) is 32.4 Å². The van der Waals surface area contributed by atoms with Crippen molar-refractivity contribution in [1.29, 1.82) is 0 Å². The Morgan fingerprint density at radius 2 is 1.80 bits per heavy atom. The molecule has 0 unspecified atom stereocenters. The molecule has 1 aromatic heterocycles. The third-order valence-electron chi connectivity index (χ3n) is 4.50. The van der Waals surface area contributed by atoms with Crippen molar-refractivity contribution in [3.8, 4) is 11.5 Å². The number of nitrogens with zero attached hydrogens (tertiary/aromatic N) is 1. The van der Waals surface area contributed by atoms with Gasteiger partial charge in [0.25, 0.3) is 0 Å². The normalized spacial score (nSPS) is 10.6. The van der Waals surface area contributed by atoms with Crippen molar-refractivity contribution in [2.75, 3.05) is 24.9 Å². The highest BCUT2D eigenvalue weighted by Crippen LogP contribution is 2.30. The van der Waals surface area contributed by atoms with E-state index in [1.165, 1.54) is 11.3 Å². The molecule has 7 nitrogen and oxygen atoms in total. The number of hydrogen-bond donors (Lipinski definition) is 2.